The van der Waals surface area contributed by atoms with Crippen LogP contribution in [0.2, 0.25) is 0 Å². The normalized spacial score (nSPS) is 13.7. The molecule has 1 aliphatic rings. The fraction of sp³-hybridized carbons (Fsp3) is 0.474. The van der Waals surface area contributed by atoms with Gasteiger partial charge in [0, 0.05) is 25.2 Å². The zero-order chi connectivity index (χ0) is 17.8. The zero-order valence-electron chi connectivity index (χ0n) is 15.0. The Balaban J connectivity index is 1.41. The van der Waals surface area contributed by atoms with Gasteiger partial charge in [-0.15, -0.1) is 0 Å². The van der Waals surface area contributed by atoms with Gasteiger partial charge in [0.15, 0.2) is 11.5 Å². The summed E-state index contributed by atoms with van der Waals surface area (Å²) in [6.45, 7) is 7.89. The number of rotatable bonds is 7. The zero-order valence-corrected chi connectivity index (χ0v) is 15.0. The number of carbonyl (C=O) groups is 1. The molecule has 1 atom stereocenters. The number of hydrogen-bond donors (Lipinski definition) is 1. The second-order valence-corrected chi connectivity index (χ2v) is 6.71. The van der Waals surface area contributed by atoms with E-state index in [4.69, 9.17) is 9.47 Å². The lowest BCUT2D eigenvalue weighted by Crippen LogP contribution is -2.30. The minimum atomic E-state index is 0.0675. The van der Waals surface area contributed by atoms with Crippen LogP contribution >= 0.6 is 0 Å². The number of aromatic nitrogens is 2. The first-order chi connectivity index (χ1) is 12.0. The molecule has 134 valence electrons. The van der Waals surface area contributed by atoms with Crippen LogP contribution in [0.3, 0.4) is 0 Å². The SMILES string of the molecule is Cc1cc(C)n(C[C@@H](C)CNC(=O)CCc2ccc3c(c2)OCO3)n1. The lowest BCUT2D eigenvalue weighted by atomic mass is 10.1. The summed E-state index contributed by atoms with van der Waals surface area (Å²) in [5.41, 5.74) is 3.26. The molecule has 1 amide bonds. The molecule has 0 unspecified atom stereocenters. The molecule has 25 heavy (non-hydrogen) atoms. The summed E-state index contributed by atoms with van der Waals surface area (Å²) in [5, 5.41) is 7.48. The van der Waals surface area contributed by atoms with Crippen LogP contribution in [-0.2, 0) is 17.8 Å². The molecule has 1 aromatic heterocycles. The highest BCUT2D eigenvalue weighted by atomic mass is 16.7. The summed E-state index contributed by atoms with van der Waals surface area (Å²) >= 11 is 0. The standard InChI is InChI=1S/C19H25N3O3/c1-13(11-22-15(3)8-14(2)21-22)10-20-19(23)7-5-16-4-6-17-18(9-16)25-12-24-17/h4,6,8-9,13H,5,7,10-12H2,1-3H3,(H,20,23)/t13-/m0/s1. The number of nitrogens with zero attached hydrogens (tertiary/aromatic N) is 2. The van der Waals surface area contributed by atoms with Crippen LogP contribution in [0.4, 0.5) is 0 Å². The minimum Gasteiger partial charge on any atom is -0.454 e. The maximum absolute atomic E-state index is 12.1. The van der Waals surface area contributed by atoms with E-state index in [0.29, 0.717) is 25.3 Å². The Morgan fingerprint density at radius 3 is 2.84 bits per heavy atom. The van der Waals surface area contributed by atoms with E-state index in [-0.39, 0.29) is 12.7 Å². The third kappa shape index (κ3) is 4.53. The van der Waals surface area contributed by atoms with Crippen molar-refractivity contribution >= 4 is 5.91 Å². The van der Waals surface area contributed by atoms with Crippen molar-refractivity contribution in [3.05, 3.63) is 41.2 Å². The van der Waals surface area contributed by atoms with E-state index in [1.807, 2.05) is 29.8 Å². The van der Waals surface area contributed by atoms with Crippen molar-refractivity contribution in [3.8, 4) is 11.5 Å². The number of aryl methyl sites for hydroxylation is 3. The van der Waals surface area contributed by atoms with Gasteiger partial charge in [0.1, 0.15) is 0 Å². The first kappa shape index (κ1) is 17.3. The summed E-state index contributed by atoms with van der Waals surface area (Å²) in [4.78, 5) is 12.1. The molecule has 0 bridgehead atoms. The summed E-state index contributed by atoms with van der Waals surface area (Å²) in [5.74, 6) is 1.92. The molecule has 6 heteroatoms. The van der Waals surface area contributed by atoms with E-state index in [1.54, 1.807) is 0 Å². The van der Waals surface area contributed by atoms with Gasteiger partial charge < -0.3 is 14.8 Å². The van der Waals surface area contributed by atoms with Crippen LogP contribution in [0.15, 0.2) is 24.3 Å². The van der Waals surface area contributed by atoms with Crippen LogP contribution in [0.25, 0.3) is 0 Å². The Labute approximate surface area is 148 Å². The van der Waals surface area contributed by atoms with Crippen LogP contribution in [0, 0.1) is 19.8 Å². The van der Waals surface area contributed by atoms with Crippen molar-refractivity contribution in [2.45, 2.75) is 40.2 Å². The molecule has 0 radical (unpaired) electrons. The number of hydrogen-bond acceptors (Lipinski definition) is 4. The fourth-order valence-corrected chi connectivity index (χ4v) is 2.95. The average molecular weight is 343 g/mol. The molecule has 0 fully saturated rings. The highest BCUT2D eigenvalue weighted by molar-refractivity contribution is 5.76. The second kappa shape index (κ2) is 7.59. The second-order valence-electron chi connectivity index (χ2n) is 6.71. The molecular weight excluding hydrogens is 318 g/mol. The Hall–Kier alpha value is -2.50. The number of carbonyl (C=O) groups excluding carboxylic acids is 1. The minimum absolute atomic E-state index is 0.0675. The van der Waals surface area contributed by atoms with E-state index in [1.165, 1.54) is 0 Å². The Morgan fingerprint density at radius 1 is 1.28 bits per heavy atom. The van der Waals surface area contributed by atoms with Crippen LogP contribution < -0.4 is 14.8 Å². The molecule has 0 saturated carbocycles. The summed E-state index contributed by atoms with van der Waals surface area (Å²) < 4.78 is 12.7. The smallest absolute Gasteiger partial charge is 0.231 e. The monoisotopic (exact) mass is 343 g/mol. The van der Waals surface area contributed by atoms with Crippen molar-refractivity contribution in [2.24, 2.45) is 5.92 Å². The number of fused-ring (bicyclic) bond motifs is 1. The molecule has 0 spiro atoms. The predicted octanol–water partition coefficient (Wildman–Crippen LogP) is 2.61. The van der Waals surface area contributed by atoms with Gasteiger partial charge in [0.05, 0.1) is 5.69 Å². The van der Waals surface area contributed by atoms with E-state index in [9.17, 15) is 4.79 Å². The fourth-order valence-electron chi connectivity index (χ4n) is 2.95. The summed E-state index contributed by atoms with van der Waals surface area (Å²) in [6.07, 6.45) is 1.15. The first-order valence-electron chi connectivity index (χ1n) is 8.67. The van der Waals surface area contributed by atoms with Gasteiger partial charge in [0.2, 0.25) is 12.7 Å². The topological polar surface area (TPSA) is 65.4 Å². The molecule has 6 nitrogen and oxygen atoms in total. The number of amides is 1. The van der Waals surface area contributed by atoms with Gasteiger partial charge >= 0.3 is 0 Å². The van der Waals surface area contributed by atoms with Gasteiger partial charge in [-0.1, -0.05) is 13.0 Å². The summed E-state index contributed by atoms with van der Waals surface area (Å²) in [6, 6.07) is 7.88. The molecule has 0 aliphatic carbocycles. The van der Waals surface area contributed by atoms with Crippen LogP contribution in [0.5, 0.6) is 11.5 Å². The quantitative estimate of drug-likeness (QED) is 0.839. The molecule has 1 aliphatic heterocycles. The Kier molecular flexibility index (Phi) is 5.26. The molecule has 1 aromatic carbocycles. The molecule has 2 heterocycles. The Morgan fingerprint density at radius 2 is 2.08 bits per heavy atom. The van der Waals surface area contributed by atoms with Crippen molar-refractivity contribution < 1.29 is 14.3 Å². The maximum atomic E-state index is 12.1. The first-order valence-corrected chi connectivity index (χ1v) is 8.67. The van der Waals surface area contributed by atoms with Gasteiger partial charge in [0.25, 0.3) is 0 Å². The van der Waals surface area contributed by atoms with E-state index in [0.717, 1.165) is 35.0 Å². The molecule has 3 rings (SSSR count). The van der Waals surface area contributed by atoms with Gasteiger partial charge in [-0.2, -0.15) is 5.10 Å². The highest BCUT2D eigenvalue weighted by Gasteiger charge is 2.14. The lowest BCUT2D eigenvalue weighted by Gasteiger charge is -2.14. The van der Waals surface area contributed by atoms with E-state index >= 15 is 0 Å². The lowest BCUT2D eigenvalue weighted by molar-refractivity contribution is -0.121. The number of ether oxygens (including phenoxy) is 2. The van der Waals surface area contributed by atoms with Crippen molar-refractivity contribution in [3.63, 3.8) is 0 Å². The third-order valence-electron chi connectivity index (χ3n) is 4.31. The van der Waals surface area contributed by atoms with Crippen LogP contribution in [0.1, 0.15) is 30.3 Å². The summed E-state index contributed by atoms with van der Waals surface area (Å²) in [7, 11) is 0. The largest absolute Gasteiger partial charge is 0.454 e. The average Bonchev–Trinajstić information content (AvgIpc) is 3.16. The number of benzene rings is 1. The van der Waals surface area contributed by atoms with Crippen LogP contribution in [-0.4, -0.2) is 29.0 Å². The molecule has 2 aromatic rings. The third-order valence-corrected chi connectivity index (χ3v) is 4.31. The van der Waals surface area contributed by atoms with Gasteiger partial charge in [-0.3, -0.25) is 9.48 Å². The Bertz CT molecular complexity index is 754. The van der Waals surface area contributed by atoms with Gasteiger partial charge in [-0.05, 0) is 49.9 Å². The maximum Gasteiger partial charge on any atom is 0.231 e. The molecule has 0 saturated heterocycles. The van der Waals surface area contributed by atoms with Crippen molar-refractivity contribution in [2.75, 3.05) is 13.3 Å². The number of nitrogens with one attached hydrogen (secondary N) is 1. The van der Waals surface area contributed by atoms with Crippen molar-refractivity contribution in [1.82, 2.24) is 15.1 Å². The molecular formula is C19H25N3O3. The van der Waals surface area contributed by atoms with Crippen molar-refractivity contribution in [1.29, 1.82) is 0 Å². The van der Waals surface area contributed by atoms with E-state index in [2.05, 4.69) is 30.3 Å². The predicted molar refractivity (Wildman–Crippen MR) is 94.8 cm³/mol. The van der Waals surface area contributed by atoms with E-state index < -0.39 is 0 Å². The molecule has 1 N–H and O–H groups in total. The highest BCUT2D eigenvalue weighted by Crippen LogP contribution is 2.32. The van der Waals surface area contributed by atoms with Gasteiger partial charge in [-0.25, -0.2) is 0 Å².